The number of benzene rings is 1. The van der Waals surface area contributed by atoms with Crippen molar-refractivity contribution in [2.24, 2.45) is 0 Å². The third-order valence-electron chi connectivity index (χ3n) is 1.46. The predicted octanol–water partition coefficient (Wildman–Crippen LogP) is 2.02. The Hall–Kier alpha value is -1.04. The molecule has 1 aromatic rings. The second-order valence-electron chi connectivity index (χ2n) is 2.69. The van der Waals surface area contributed by atoms with Gasteiger partial charge >= 0.3 is 6.18 Å². The Kier molecular flexibility index (Phi) is 2.84. The summed E-state index contributed by atoms with van der Waals surface area (Å²) in [4.78, 5) is -0.308. The highest BCUT2D eigenvalue weighted by molar-refractivity contribution is 7.91. The Balaban J connectivity index is 2.99. The van der Waals surface area contributed by atoms with Gasteiger partial charge < -0.3 is 0 Å². The molecule has 0 N–H and O–H groups in total. The first-order chi connectivity index (χ1) is 6.31. The molecule has 78 valence electrons. The summed E-state index contributed by atoms with van der Waals surface area (Å²) in [6.07, 6.45) is -4.70. The summed E-state index contributed by atoms with van der Waals surface area (Å²) in [7, 11) is -4.24. The Labute approximate surface area is 79.3 Å². The van der Waals surface area contributed by atoms with E-state index in [1.54, 1.807) is 0 Å². The molecular weight excluding hydrogens is 217 g/mol. The molecule has 0 bridgehead atoms. The van der Waals surface area contributed by atoms with Crippen LogP contribution in [0.1, 0.15) is 0 Å². The molecule has 0 spiro atoms. The van der Waals surface area contributed by atoms with Crippen molar-refractivity contribution in [3.05, 3.63) is 30.3 Å². The van der Waals surface area contributed by atoms with Crippen molar-refractivity contribution in [3.63, 3.8) is 0 Å². The minimum Gasteiger partial charge on any atom is -0.223 e. The van der Waals surface area contributed by atoms with Crippen LogP contribution in [0.2, 0.25) is 0 Å². The highest BCUT2D eigenvalue weighted by Crippen LogP contribution is 2.21. The van der Waals surface area contributed by atoms with Gasteiger partial charge in [0.1, 0.15) is 0 Å². The summed E-state index contributed by atoms with van der Waals surface area (Å²) < 4.78 is 57.8. The summed E-state index contributed by atoms with van der Waals surface area (Å²) in [6.45, 7) is 0. The van der Waals surface area contributed by atoms with Crippen LogP contribution in [0.3, 0.4) is 0 Å². The molecule has 0 radical (unpaired) electrons. The maximum Gasteiger partial charge on any atom is 0.403 e. The molecule has 14 heavy (non-hydrogen) atoms. The Bertz CT molecular complexity index is 394. The maximum absolute atomic E-state index is 11.9. The van der Waals surface area contributed by atoms with Crippen LogP contribution < -0.4 is 0 Å². The van der Waals surface area contributed by atoms with Gasteiger partial charge in [-0.25, -0.2) is 8.42 Å². The third-order valence-corrected chi connectivity index (χ3v) is 3.15. The van der Waals surface area contributed by atoms with Crippen molar-refractivity contribution in [1.29, 1.82) is 0 Å². The van der Waals surface area contributed by atoms with Crippen molar-refractivity contribution in [2.75, 3.05) is 5.75 Å². The summed E-state index contributed by atoms with van der Waals surface area (Å²) >= 11 is 0. The van der Waals surface area contributed by atoms with Gasteiger partial charge in [-0.3, -0.25) is 0 Å². The number of rotatable bonds is 2. The molecule has 1 rings (SSSR count). The van der Waals surface area contributed by atoms with E-state index in [1.165, 1.54) is 18.2 Å². The van der Waals surface area contributed by atoms with E-state index < -0.39 is 21.8 Å². The molecular formula is C8H7F3O2S. The molecule has 0 saturated heterocycles. The molecule has 0 aliphatic rings. The van der Waals surface area contributed by atoms with Crippen molar-refractivity contribution in [2.45, 2.75) is 11.1 Å². The Morgan fingerprint density at radius 2 is 1.57 bits per heavy atom. The fourth-order valence-corrected chi connectivity index (χ4v) is 2.10. The minimum atomic E-state index is -4.70. The van der Waals surface area contributed by atoms with Crippen LogP contribution in [0.4, 0.5) is 13.2 Å². The number of sulfone groups is 1. The van der Waals surface area contributed by atoms with Gasteiger partial charge in [-0.15, -0.1) is 0 Å². The van der Waals surface area contributed by atoms with Gasteiger partial charge in [-0.1, -0.05) is 18.2 Å². The third kappa shape index (κ3) is 3.02. The van der Waals surface area contributed by atoms with Crippen LogP contribution in [0, 0.1) is 0 Å². The zero-order valence-electron chi connectivity index (χ0n) is 6.95. The summed E-state index contributed by atoms with van der Waals surface area (Å²) in [5, 5.41) is 0. The molecule has 0 fully saturated rings. The summed E-state index contributed by atoms with van der Waals surface area (Å²) in [5.41, 5.74) is 0. The van der Waals surface area contributed by atoms with Crippen molar-refractivity contribution < 1.29 is 21.6 Å². The van der Waals surface area contributed by atoms with Crippen LogP contribution in [0.15, 0.2) is 35.2 Å². The van der Waals surface area contributed by atoms with Gasteiger partial charge in [-0.05, 0) is 12.1 Å². The van der Waals surface area contributed by atoms with Gasteiger partial charge in [0.15, 0.2) is 15.6 Å². The number of alkyl halides is 3. The fourth-order valence-electron chi connectivity index (χ4n) is 0.927. The zero-order valence-corrected chi connectivity index (χ0v) is 7.77. The smallest absolute Gasteiger partial charge is 0.223 e. The van der Waals surface area contributed by atoms with Gasteiger partial charge in [-0.2, -0.15) is 13.2 Å². The largest absolute Gasteiger partial charge is 0.403 e. The van der Waals surface area contributed by atoms with Crippen LogP contribution >= 0.6 is 0 Å². The Morgan fingerprint density at radius 1 is 1.07 bits per heavy atom. The first kappa shape index (κ1) is 11.0. The van der Waals surface area contributed by atoms with E-state index in [-0.39, 0.29) is 4.90 Å². The highest BCUT2D eigenvalue weighted by Gasteiger charge is 2.35. The number of halogens is 3. The average Bonchev–Trinajstić information content (AvgIpc) is 2.01. The lowest BCUT2D eigenvalue weighted by Gasteiger charge is -2.06. The maximum atomic E-state index is 11.9. The summed E-state index contributed by atoms with van der Waals surface area (Å²) in [6, 6.07) is 6.57. The SMILES string of the molecule is O=S(=O)(CC(F)(F)F)c1ccccc1. The van der Waals surface area contributed by atoms with E-state index in [0.717, 1.165) is 12.1 Å². The van der Waals surface area contributed by atoms with Gasteiger partial charge in [0.05, 0.1) is 4.90 Å². The molecule has 0 aliphatic carbocycles. The molecule has 0 heterocycles. The number of hydrogen-bond donors (Lipinski definition) is 0. The first-order valence-electron chi connectivity index (χ1n) is 3.66. The van der Waals surface area contributed by atoms with E-state index in [2.05, 4.69) is 0 Å². The van der Waals surface area contributed by atoms with Crippen LogP contribution in [-0.4, -0.2) is 20.3 Å². The lowest BCUT2D eigenvalue weighted by Crippen LogP contribution is -2.22. The predicted molar refractivity (Wildman–Crippen MR) is 44.5 cm³/mol. The quantitative estimate of drug-likeness (QED) is 0.770. The van der Waals surface area contributed by atoms with E-state index in [0.29, 0.717) is 0 Å². The number of hydrogen-bond acceptors (Lipinski definition) is 2. The van der Waals surface area contributed by atoms with Gasteiger partial charge in [0, 0.05) is 0 Å². The molecule has 0 amide bonds. The second kappa shape index (κ2) is 3.61. The first-order valence-corrected chi connectivity index (χ1v) is 5.31. The van der Waals surface area contributed by atoms with Crippen LogP contribution in [0.25, 0.3) is 0 Å². The van der Waals surface area contributed by atoms with Crippen molar-refractivity contribution in [1.82, 2.24) is 0 Å². The van der Waals surface area contributed by atoms with Gasteiger partial charge in [0.2, 0.25) is 0 Å². The van der Waals surface area contributed by atoms with E-state index >= 15 is 0 Å². The lowest BCUT2D eigenvalue weighted by molar-refractivity contribution is -0.106. The molecule has 1 aromatic carbocycles. The molecule has 0 aromatic heterocycles. The molecule has 0 unspecified atom stereocenters. The fraction of sp³-hybridized carbons (Fsp3) is 0.250. The molecule has 2 nitrogen and oxygen atoms in total. The average molecular weight is 224 g/mol. The Morgan fingerprint density at radius 3 is 2.00 bits per heavy atom. The molecule has 6 heteroatoms. The highest BCUT2D eigenvalue weighted by atomic mass is 32.2. The van der Waals surface area contributed by atoms with Crippen LogP contribution in [0.5, 0.6) is 0 Å². The van der Waals surface area contributed by atoms with Crippen molar-refractivity contribution in [3.8, 4) is 0 Å². The molecule has 0 atom stereocenters. The van der Waals surface area contributed by atoms with Gasteiger partial charge in [0.25, 0.3) is 0 Å². The van der Waals surface area contributed by atoms with Crippen LogP contribution in [-0.2, 0) is 9.84 Å². The minimum absolute atomic E-state index is 0.308. The topological polar surface area (TPSA) is 34.1 Å². The van der Waals surface area contributed by atoms with E-state index in [4.69, 9.17) is 0 Å². The molecule has 0 aliphatic heterocycles. The standard InChI is InChI=1S/C8H7F3O2S/c9-8(10,11)6-14(12,13)7-4-2-1-3-5-7/h1-5H,6H2. The zero-order chi connectivity index (χ0) is 10.8. The molecule has 0 saturated carbocycles. The van der Waals surface area contributed by atoms with E-state index in [1.807, 2.05) is 0 Å². The van der Waals surface area contributed by atoms with E-state index in [9.17, 15) is 21.6 Å². The second-order valence-corrected chi connectivity index (χ2v) is 4.68. The normalized spacial score (nSPS) is 12.8. The van der Waals surface area contributed by atoms with Crippen molar-refractivity contribution >= 4 is 9.84 Å². The lowest BCUT2D eigenvalue weighted by atomic mass is 10.4. The monoisotopic (exact) mass is 224 g/mol. The summed E-state index contributed by atoms with van der Waals surface area (Å²) in [5.74, 6) is -1.82.